The Morgan fingerprint density at radius 3 is 2.29 bits per heavy atom. The van der Waals surface area contributed by atoms with Crippen LogP contribution in [0, 0.1) is 11.7 Å². The van der Waals surface area contributed by atoms with Gasteiger partial charge in [0.25, 0.3) is 11.9 Å². The van der Waals surface area contributed by atoms with Gasteiger partial charge in [0.15, 0.2) is 5.69 Å². The standard InChI is InChI=1S/C27H29F4N7O3/c1-17-8-10-38(11-9-17)26-35-23(27(29,30)31)22(41-26)24(39)33-18-6-7-21(32-16-18)36-12-14-37(15-13-36)25(40)34-20-5-3-2-4-19(20)28/h2-7,16-17H,8-15H2,1H3,(H,33,39)(H,34,40). The molecule has 0 aliphatic carbocycles. The van der Waals surface area contributed by atoms with E-state index in [0.29, 0.717) is 51.0 Å². The molecule has 3 amide bonds. The molecule has 10 nitrogen and oxygen atoms in total. The van der Waals surface area contributed by atoms with Crippen molar-refractivity contribution in [2.24, 2.45) is 5.92 Å². The van der Waals surface area contributed by atoms with Crippen molar-refractivity contribution in [3.8, 4) is 0 Å². The number of aromatic nitrogens is 2. The molecule has 41 heavy (non-hydrogen) atoms. The summed E-state index contributed by atoms with van der Waals surface area (Å²) in [5.74, 6) is -1.48. The first-order valence-corrected chi connectivity index (χ1v) is 13.2. The van der Waals surface area contributed by atoms with Gasteiger partial charge >= 0.3 is 12.2 Å². The Morgan fingerprint density at radius 2 is 1.66 bits per heavy atom. The van der Waals surface area contributed by atoms with Gasteiger partial charge in [-0.05, 0) is 43.0 Å². The summed E-state index contributed by atoms with van der Waals surface area (Å²) < 4.78 is 60.2. The monoisotopic (exact) mass is 575 g/mol. The number of rotatable bonds is 5. The molecular formula is C27H29F4N7O3. The number of amides is 3. The van der Waals surface area contributed by atoms with Gasteiger partial charge in [-0.1, -0.05) is 19.1 Å². The second-order valence-corrected chi connectivity index (χ2v) is 10.1. The van der Waals surface area contributed by atoms with E-state index in [4.69, 9.17) is 4.42 Å². The number of oxazole rings is 1. The van der Waals surface area contributed by atoms with Crippen molar-refractivity contribution in [1.29, 1.82) is 0 Å². The van der Waals surface area contributed by atoms with E-state index in [1.54, 1.807) is 21.9 Å². The Morgan fingerprint density at radius 1 is 0.951 bits per heavy atom. The number of benzene rings is 1. The summed E-state index contributed by atoms with van der Waals surface area (Å²) >= 11 is 0. The van der Waals surface area contributed by atoms with Crippen molar-refractivity contribution in [3.63, 3.8) is 0 Å². The second-order valence-electron chi connectivity index (χ2n) is 10.1. The van der Waals surface area contributed by atoms with Gasteiger partial charge in [-0.25, -0.2) is 14.2 Å². The summed E-state index contributed by atoms with van der Waals surface area (Å²) in [7, 11) is 0. The van der Waals surface area contributed by atoms with Gasteiger partial charge < -0.3 is 29.8 Å². The number of piperidine rings is 1. The zero-order valence-electron chi connectivity index (χ0n) is 22.2. The maximum absolute atomic E-state index is 13.8. The maximum atomic E-state index is 13.8. The molecule has 2 saturated heterocycles. The second kappa shape index (κ2) is 11.6. The Balaban J connectivity index is 1.19. The maximum Gasteiger partial charge on any atom is 0.437 e. The molecule has 2 aliphatic heterocycles. The smallest absolute Gasteiger partial charge is 0.417 e. The Hall–Kier alpha value is -4.36. The summed E-state index contributed by atoms with van der Waals surface area (Å²) in [6, 6.07) is 8.42. The number of hydrogen-bond acceptors (Lipinski definition) is 7. The average Bonchev–Trinajstić information content (AvgIpc) is 3.42. The highest BCUT2D eigenvalue weighted by atomic mass is 19.4. The first kappa shape index (κ1) is 28.2. The van der Waals surface area contributed by atoms with Crippen molar-refractivity contribution < 1.29 is 31.6 Å². The molecule has 5 rings (SSSR count). The molecule has 0 spiro atoms. The third-order valence-corrected chi connectivity index (χ3v) is 7.16. The number of anilines is 4. The van der Waals surface area contributed by atoms with Gasteiger partial charge in [-0.2, -0.15) is 18.2 Å². The predicted molar refractivity (Wildman–Crippen MR) is 144 cm³/mol. The molecular weight excluding hydrogens is 546 g/mol. The molecule has 2 aromatic heterocycles. The minimum atomic E-state index is -4.87. The molecule has 2 aliphatic rings. The molecule has 4 heterocycles. The molecule has 0 saturated carbocycles. The third kappa shape index (κ3) is 6.52. The molecule has 14 heteroatoms. The van der Waals surface area contributed by atoms with E-state index < -0.39 is 35.4 Å². The van der Waals surface area contributed by atoms with E-state index in [2.05, 4.69) is 27.5 Å². The van der Waals surface area contributed by atoms with Crippen LogP contribution in [0.25, 0.3) is 0 Å². The molecule has 2 N–H and O–H groups in total. The van der Waals surface area contributed by atoms with E-state index in [1.165, 1.54) is 30.5 Å². The van der Waals surface area contributed by atoms with E-state index in [-0.39, 0.29) is 17.4 Å². The summed E-state index contributed by atoms with van der Waals surface area (Å²) in [5, 5.41) is 4.97. The number of carbonyl (C=O) groups excluding carboxylic acids is 2. The fourth-order valence-electron chi connectivity index (χ4n) is 4.72. The predicted octanol–water partition coefficient (Wildman–Crippen LogP) is 5.07. The summed E-state index contributed by atoms with van der Waals surface area (Å²) in [5.41, 5.74) is -1.09. The third-order valence-electron chi connectivity index (χ3n) is 7.16. The Labute approximate surface area is 233 Å². The van der Waals surface area contributed by atoms with E-state index in [1.807, 2.05) is 4.90 Å². The van der Waals surface area contributed by atoms with Crippen molar-refractivity contribution in [3.05, 3.63) is 59.9 Å². The quantitative estimate of drug-likeness (QED) is 0.409. The number of urea groups is 1. The lowest BCUT2D eigenvalue weighted by molar-refractivity contribution is -0.141. The Kier molecular flexibility index (Phi) is 7.99. The van der Waals surface area contributed by atoms with Crippen LogP contribution in [0.4, 0.5) is 45.6 Å². The molecule has 0 atom stereocenters. The van der Waals surface area contributed by atoms with Crippen LogP contribution >= 0.6 is 0 Å². The lowest BCUT2D eigenvalue weighted by Crippen LogP contribution is -2.50. The van der Waals surface area contributed by atoms with Crippen LogP contribution < -0.4 is 20.4 Å². The minimum absolute atomic E-state index is 0.101. The zero-order chi connectivity index (χ0) is 29.1. The number of carbonyl (C=O) groups is 2. The number of hydrogen-bond donors (Lipinski definition) is 2. The van der Waals surface area contributed by atoms with Crippen molar-refractivity contribution >= 4 is 35.1 Å². The number of nitrogens with one attached hydrogen (secondary N) is 2. The summed E-state index contributed by atoms with van der Waals surface area (Å²) in [6.07, 6.45) is -1.95. The van der Waals surface area contributed by atoms with Crippen LogP contribution in [-0.2, 0) is 6.18 Å². The van der Waals surface area contributed by atoms with Crippen molar-refractivity contribution in [2.75, 3.05) is 59.7 Å². The largest absolute Gasteiger partial charge is 0.437 e. The normalized spacial score (nSPS) is 16.6. The van der Waals surface area contributed by atoms with E-state index in [0.717, 1.165) is 12.8 Å². The van der Waals surface area contributed by atoms with Gasteiger partial charge in [0.05, 0.1) is 17.6 Å². The summed E-state index contributed by atoms with van der Waals surface area (Å²) in [4.78, 5) is 38.3. The van der Waals surface area contributed by atoms with Gasteiger partial charge in [0, 0.05) is 39.3 Å². The van der Waals surface area contributed by atoms with Crippen LogP contribution in [0.1, 0.15) is 36.0 Å². The average molecular weight is 576 g/mol. The highest BCUT2D eigenvalue weighted by molar-refractivity contribution is 6.03. The number of piperazine rings is 1. The summed E-state index contributed by atoms with van der Waals surface area (Å²) in [6.45, 7) is 4.70. The Bertz CT molecular complexity index is 1380. The van der Waals surface area contributed by atoms with Gasteiger partial charge in [-0.3, -0.25) is 4.79 Å². The lowest BCUT2D eigenvalue weighted by Gasteiger charge is -2.35. The molecule has 218 valence electrons. The van der Waals surface area contributed by atoms with E-state index >= 15 is 0 Å². The van der Waals surface area contributed by atoms with Gasteiger partial charge in [0.2, 0.25) is 5.76 Å². The molecule has 1 aromatic carbocycles. The number of halogens is 4. The minimum Gasteiger partial charge on any atom is -0.417 e. The first-order chi connectivity index (χ1) is 19.6. The molecule has 0 unspecified atom stereocenters. The highest BCUT2D eigenvalue weighted by Gasteiger charge is 2.42. The SMILES string of the molecule is CC1CCN(c2nc(C(F)(F)F)c(C(=O)Nc3ccc(N4CCN(C(=O)Nc5ccccc5F)CC4)nc3)o2)CC1. The van der Waals surface area contributed by atoms with Crippen LogP contribution in [-0.4, -0.2) is 66.1 Å². The molecule has 0 radical (unpaired) electrons. The number of nitrogens with zero attached hydrogens (tertiary/aromatic N) is 5. The van der Waals surface area contributed by atoms with E-state index in [9.17, 15) is 27.2 Å². The topological polar surface area (TPSA) is 107 Å². The molecule has 0 bridgehead atoms. The van der Waals surface area contributed by atoms with Gasteiger partial charge in [-0.15, -0.1) is 0 Å². The first-order valence-electron chi connectivity index (χ1n) is 13.2. The number of para-hydroxylation sites is 1. The van der Waals surface area contributed by atoms with Crippen LogP contribution in [0.15, 0.2) is 47.0 Å². The fraction of sp³-hybridized carbons (Fsp3) is 0.407. The van der Waals surface area contributed by atoms with Crippen LogP contribution in [0.2, 0.25) is 0 Å². The van der Waals surface area contributed by atoms with Gasteiger partial charge in [0.1, 0.15) is 11.6 Å². The van der Waals surface area contributed by atoms with Crippen LogP contribution in [0.5, 0.6) is 0 Å². The lowest BCUT2D eigenvalue weighted by atomic mass is 10.00. The molecule has 2 fully saturated rings. The van der Waals surface area contributed by atoms with Crippen molar-refractivity contribution in [1.82, 2.24) is 14.9 Å². The fourth-order valence-corrected chi connectivity index (χ4v) is 4.72. The van der Waals surface area contributed by atoms with Crippen LogP contribution in [0.3, 0.4) is 0 Å². The number of alkyl halides is 3. The number of pyridine rings is 1. The van der Waals surface area contributed by atoms with Crippen molar-refractivity contribution in [2.45, 2.75) is 25.9 Å². The molecule has 3 aromatic rings. The zero-order valence-corrected chi connectivity index (χ0v) is 22.2. The highest BCUT2D eigenvalue weighted by Crippen LogP contribution is 2.35.